The van der Waals surface area contributed by atoms with Gasteiger partial charge >= 0.3 is 5.97 Å². The maximum atomic E-state index is 11.6. The minimum atomic E-state index is -1.10. The van der Waals surface area contributed by atoms with Crippen LogP contribution in [-0.4, -0.2) is 55.7 Å². The highest BCUT2D eigenvalue weighted by molar-refractivity contribution is 5.99. The number of nitrogens with zero attached hydrogens (tertiary/aromatic N) is 1. The lowest BCUT2D eigenvalue weighted by atomic mass is 10.1. The number of hydrogen-bond acceptors (Lipinski definition) is 7. The molecule has 8 nitrogen and oxygen atoms in total. The summed E-state index contributed by atoms with van der Waals surface area (Å²) < 4.78 is 15.9. The van der Waals surface area contributed by atoms with Gasteiger partial charge in [0, 0.05) is 25.2 Å². The van der Waals surface area contributed by atoms with Crippen LogP contribution in [0.3, 0.4) is 0 Å². The Morgan fingerprint density at radius 1 is 1.46 bits per heavy atom. The van der Waals surface area contributed by atoms with Crippen LogP contribution in [0, 0.1) is 0 Å². The lowest BCUT2D eigenvalue weighted by Gasteiger charge is -2.23. The van der Waals surface area contributed by atoms with Crippen molar-refractivity contribution in [3.63, 3.8) is 0 Å². The van der Waals surface area contributed by atoms with E-state index in [2.05, 4.69) is 15.8 Å². The van der Waals surface area contributed by atoms with Crippen LogP contribution in [0.5, 0.6) is 5.75 Å². The quantitative estimate of drug-likeness (QED) is 0.729. The van der Waals surface area contributed by atoms with E-state index < -0.39 is 5.97 Å². The van der Waals surface area contributed by atoms with Crippen LogP contribution in [0.2, 0.25) is 0 Å². The third-order valence-corrected chi connectivity index (χ3v) is 3.76. The highest BCUT2D eigenvalue weighted by atomic mass is 16.5. The van der Waals surface area contributed by atoms with E-state index in [1.54, 1.807) is 31.4 Å². The predicted octanol–water partition coefficient (Wildman–Crippen LogP) is 1.45. The first-order chi connectivity index (χ1) is 11.7. The molecule has 3 rings (SSSR count). The van der Waals surface area contributed by atoms with E-state index in [0.717, 1.165) is 6.54 Å². The molecule has 0 saturated carbocycles. The molecule has 0 aliphatic carbocycles. The second kappa shape index (κ2) is 7.33. The van der Waals surface area contributed by atoms with Crippen molar-refractivity contribution in [2.75, 3.05) is 38.7 Å². The van der Waals surface area contributed by atoms with Gasteiger partial charge in [-0.3, -0.25) is 0 Å². The summed E-state index contributed by atoms with van der Waals surface area (Å²) in [7, 11) is 1.57. The highest BCUT2D eigenvalue weighted by Crippen LogP contribution is 2.30. The molecule has 3 N–H and O–H groups in total. The van der Waals surface area contributed by atoms with Crippen molar-refractivity contribution < 1.29 is 23.9 Å². The molecular weight excluding hydrogens is 314 g/mol. The molecule has 1 aliphatic heterocycles. The molecule has 24 heavy (non-hydrogen) atoms. The molecule has 1 saturated heterocycles. The number of carbonyl (C=O) groups is 1. The fraction of sp³-hybridized carbons (Fsp3) is 0.375. The number of aromatic nitrogens is 1. The van der Waals surface area contributed by atoms with Crippen LogP contribution in [0.4, 0.5) is 5.82 Å². The summed E-state index contributed by atoms with van der Waals surface area (Å²) in [5, 5.41) is 19.6. The first kappa shape index (κ1) is 16.3. The Morgan fingerprint density at radius 3 is 2.88 bits per heavy atom. The van der Waals surface area contributed by atoms with Crippen LogP contribution in [0.1, 0.15) is 10.4 Å². The molecule has 1 aliphatic rings. The van der Waals surface area contributed by atoms with E-state index in [1.807, 2.05) is 0 Å². The SMILES string of the molecule is COc1ccc(-c2onc(NCC3CNCCO3)c2C(=O)O)cc1. The average molecular weight is 333 g/mol. The minimum Gasteiger partial charge on any atom is -0.497 e. The number of nitrogens with one attached hydrogen (secondary N) is 2. The zero-order valence-corrected chi connectivity index (χ0v) is 13.2. The van der Waals surface area contributed by atoms with E-state index in [4.69, 9.17) is 14.0 Å². The smallest absolute Gasteiger partial charge is 0.343 e. The lowest BCUT2D eigenvalue weighted by Crippen LogP contribution is -2.42. The van der Waals surface area contributed by atoms with E-state index in [0.29, 0.717) is 31.0 Å². The molecule has 0 radical (unpaired) electrons. The van der Waals surface area contributed by atoms with Gasteiger partial charge in [-0.05, 0) is 24.3 Å². The number of methoxy groups -OCH3 is 1. The van der Waals surface area contributed by atoms with Gasteiger partial charge in [-0.15, -0.1) is 0 Å². The number of hydrogen-bond donors (Lipinski definition) is 3. The third kappa shape index (κ3) is 3.50. The van der Waals surface area contributed by atoms with Gasteiger partial charge in [-0.25, -0.2) is 4.79 Å². The van der Waals surface area contributed by atoms with Crippen LogP contribution in [-0.2, 0) is 4.74 Å². The third-order valence-electron chi connectivity index (χ3n) is 3.76. The lowest BCUT2D eigenvalue weighted by molar-refractivity contribution is 0.0371. The predicted molar refractivity (Wildman–Crippen MR) is 86.5 cm³/mol. The summed E-state index contributed by atoms with van der Waals surface area (Å²) in [6.45, 7) is 2.61. The van der Waals surface area contributed by atoms with E-state index in [1.165, 1.54) is 0 Å². The number of morpholine rings is 1. The molecule has 1 atom stereocenters. The van der Waals surface area contributed by atoms with E-state index in [-0.39, 0.29) is 23.2 Å². The Hall–Kier alpha value is -2.58. The molecule has 0 bridgehead atoms. The van der Waals surface area contributed by atoms with Crippen LogP contribution >= 0.6 is 0 Å². The second-order valence-corrected chi connectivity index (χ2v) is 5.35. The van der Waals surface area contributed by atoms with Gasteiger partial charge in [0.05, 0.1) is 19.8 Å². The van der Waals surface area contributed by atoms with Crippen LogP contribution in [0.25, 0.3) is 11.3 Å². The maximum Gasteiger partial charge on any atom is 0.343 e. The summed E-state index contributed by atoms with van der Waals surface area (Å²) in [6.07, 6.45) is -0.0402. The highest BCUT2D eigenvalue weighted by Gasteiger charge is 2.24. The summed E-state index contributed by atoms with van der Waals surface area (Å²) in [4.78, 5) is 11.6. The summed E-state index contributed by atoms with van der Waals surface area (Å²) in [5.74, 6) is -0.0273. The Labute approximate surface area is 138 Å². The van der Waals surface area contributed by atoms with Crippen molar-refractivity contribution in [3.8, 4) is 17.1 Å². The zero-order chi connectivity index (χ0) is 16.9. The fourth-order valence-corrected chi connectivity index (χ4v) is 2.51. The van der Waals surface area contributed by atoms with Gasteiger partial charge in [0.1, 0.15) is 5.75 Å². The minimum absolute atomic E-state index is 0.00364. The molecule has 1 aromatic heterocycles. The Kier molecular flexibility index (Phi) is 4.97. The van der Waals surface area contributed by atoms with E-state index >= 15 is 0 Å². The average Bonchev–Trinajstić information content (AvgIpc) is 3.05. The first-order valence-corrected chi connectivity index (χ1v) is 7.62. The normalized spacial score (nSPS) is 17.5. The number of carboxylic acid groups (broad SMARTS) is 1. The van der Waals surface area contributed by atoms with Gasteiger partial charge in [0.2, 0.25) is 0 Å². The molecule has 1 unspecified atom stereocenters. The van der Waals surface area contributed by atoms with Crippen LogP contribution < -0.4 is 15.4 Å². The van der Waals surface area contributed by atoms with Gasteiger partial charge in [0.25, 0.3) is 0 Å². The Balaban J connectivity index is 1.80. The molecule has 8 heteroatoms. The van der Waals surface area contributed by atoms with Crippen molar-refractivity contribution in [3.05, 3.63) is 29.8 Å². The molecule has 0 spiro atoms. The zero-order valence-electron chi connectivity index (χ0n) is 13.2. The topological polar surface area (TPSA) is 106 Å². The number of aromatic carboxylic acids is 1. The van der Waals surface area contributed by atoms with Gasteiger partial charge in [0.15, 0.2) is 17.1 Å². The number of carboxylic acids is 1. The van der Waals surface area contributed by atoms with Crippen molar-refractivity contribution >= 4 is 11.8 Å². The second-order valence-electron chi connectivity index (χ2n) is 5.35. The largest absolute Gasteiger partial charge is 0.497 e. The number of benzene rings is 1. The molecule has 1 aromatic carbocycles. The summed E-state index contributed by atoms with van der Waals surface area (Å²) in [6, 6.07) is 6.92. The fourth-order valence-electron chi connectivity index (χ4n) is 2.51. The van der Waals surface area contributed by atoms with Crippen molar-refractivity contribution in [1.82, 2.24) is 10.5 Å². The molecule has 2 aromatic rings. The molecular formula is C16H19N3O5. The van der Waals surface area contributed by atoms with Gasteiger partial charge in [-0.2, -0.15) is 0 Å². The first-order valence-electron chi connectivity index (χ1n) is 7.62. The van der Waals surface area contributed by atoms with E-state index in [9.17, 15) is 9.90 Å². The standard InChI is InChI=1S/C16H19N3O5/c1-22-11-4-2-10(3-5-11)14-13(16(20)21)15(19-24-14)18-9-12-8-17-6-7-23-12/h2-5,12,17H,6-9H2,1H3,(H,18,19)(H,20,21). The van der Waals surface area contributed by atoms with Crippen LogP contribution in [0.15, 0.2) is 28.8 Å². The van der Waals surface area contributed by atoms with Crippen molar-refractivity contribution in [2.24, 2.45) is 0 Å². The number of anilines is 1. The number of rotatable bonds is 6. The van der Waals surface area contributed by atoms with Gasteiger partial charge in [-0.1, -0.05) is 5.16 Å². The molecule has 0 amide bonds. The molecule has 2 heterocycles. The van der Waals surface area contributed by atoms with Crippen molar-refractivity contribution in [2.45, 2.75) is 6.10 Å². The summed E-state index contributed by atoms with van der Waals surface area (Å²) in [5.41, 5.74) is 0.619. The summed E-state index contributed by atoms with van der Waals surface area (Å²) >= 11 is 0. The van der Waals surface area contributed by atoms with Gasteiger partial charge < -0.3 is 29.7 Å². The monoisotopic (exact) mass is 333 g/mol. The van der Waals surface area contributed by atoms with Crippen molar-refractivity contribution in [1.29, 1.82) is 0 Å². The Bertz CT molecular complexity index is 692. The maximum absolute atomic E-state index is 11.6. The molecule has 128 valence electrons. The molecule has 1 fully saturated rings. The Morgan fingerprint density at radius 2 is 2.25 bits per heavy atom. The number of ether oxygens (including phenoxy) is 2.